The highest BCUT2D eigenvalue weighted by Gasteiger charge is 2.07. The molecule has 2 rings (SSSR count). The molecule has 0 radical (unpaired) electrons. The summed E-state index contributed by atoms with van der Waals surface area (Å²) in [6.45, 7) is 0. The van der Waals surface area contributed by atoms with E-state index >= 15 is 0 Å². The lowest BCUT2D eigenvalue weighted by Crippen LogP contribution is -1.88. The molecule has 74 valence electrons. The number of halogens is 2. The molecule has 14 heavy (non-hydrogen) atoms. The Morgan fingerprint density at radius 3 is 2.86 bits per heavy atom. The number of methoxy groups -OCH3 is 1. The zero-order chi connectivity index (χ0) is 10.1. The summed E-state index contributed by atoms with van der Waals surface area (Å²) in [7, 11) is 1.70. The van der Waals surface area contributed by atoms with Gasteiger partial charge < -0.3 is 4.74 Å². The van der Waals surface area contributed by atoms with E-state index in [2.05, 4.69) is 49.4 Å². The van der Waals surface area contributed by atoms with Crippen molar-refractivity contribution in [3.63, 3.8) is 0 Å². The minimum absolute atomic E-state index is 0.814. The van der Waals surface area contributed by atoms with Crippen molar-refractivity contribution in [1.29, 1.82) is 0 Å². The fourth-order valence-electron chi connectivity index (χ4n) is 1.36. The van der Waals surface area contributed by atoms with Gasteiger partial charge in [-0.2, -0.15) is 0 Å². The monoisotopic (exact) mass is 334 g/mol. The molecule has 0 saturated heterocycles. The molecule has 0 amide bonds. The molecular weight excluding hydrogens is 328 g/mol. The summed E-state index contributed by atoms with van der Waals surface area (Å²) >= 11 is 8.71. The molecule has 1 aromatic heterocycles. The van der Waals surface area contributed by atoms with E-state index in [1.807, 2.05) is 0 Å². The largest absolute Gasteiger partial charge is 0.496 e. The zero-order valence-electron chi connectivity index (χ0n) is 7.51. The molecular formula is C10H8Br2OS. The Kier molecular flexibility index (Phi) is 3.14. The second-order valence-electron chi connectivity index (χ2n) is 2.88. The van der Waals surface area contributed by atoms with Crippen LogP contribution in [0.2, 0.25) is 0 Å². The van der Waals surface area contributed by atoms with Crippen molar-refractivity contribution in [2.75, 3.05) is 7.11 Å². The lowest BCUT2D eigenvalue weighted by atomic mass is 10.2. The van der Waals surface area contributed by atoms with Crippen LogP contribution in [0.4, 0.5) is 0 Å². The standard InChI is InChI=1S/C10H8Br2OS/c1-13-9-3-10-7(2-6(9)4-11)8(12)5-14-10/h2-3,5H,4H2,1H3. The summed E-state index contributed by atoms with van der Waals surface area (Å²) in [5.74, 6) is 0.948. The molecule has 4 heteroatoms. The topological polar surface area (TPSA) is 9.23 Å². The molecule has 0 N–H and O–H groups in total. The molecule has 0 aliphatic heterocycles. The minimum atomic E-state index is 0.814. The number of ether oxygens (including phenoxy) is 1. The number of thiophene rings is 1. The van der Waals surface area contributed by atoms with Gasteiger partial charge in [0.2, 0.25) is 0 Å². The van der Waals surface area contributed by atoms with Crippen molar-refractivity contribution in [2.45, 2.75) is 5.33 Å². The molecule has 0 saturated carbocycles. The van der Waals surface area contributed by atoms with Crippen molar-refractivity contribution in [2.24, 2.45) is 0 Å². The van der Waals surface area contributed by atoms with Crippen molar-refractivity contribution in [3.8, 4) is 5.75 Å². The number of hydrogen-bond donors (Lipinski definition) is 0. The van der Waals surface area contributed by atoms with Crippen LogP contribution in [0.5, 0.6) is 5.75 Å². The lowest BCUT2D eigenvalue weighted by Gasteiger charge is -2.05. The first kappa shape index (κ1) is 10.5. The molecule has 1 aromatic carbocycles. The van der Waals surface area contributed by atoms with Crippen LogP contribution in [0.3, 0.4) is 0 Å². The van der Waals surface area contributed by atoms with E-state index in [-0.39, 0.29) is 0 Å². The van der Waals surface area contributed by atoms with E-state index in [0.717, 1.165) is 15.6 Å². The SMILES string of the molecule is COc1cc2scc(Br)c2cc1CBr. The van der Waals surface area contributed by atoms with E-state index in [1.165, 1.54) is 15.6 Å². The van der Waals surface area contributed by atoms with Gasteiger partial charge in [0.25, 0.3) is 0 Å². The Labute approximate surface area is 103 Å². The molecule has 0 fully saturated rings. The Hall–Kier alpha value is -0.0600. The second kappa shape index (κ2) is 4.21. The average molecular weight is 336 g/mol. The van der Waals surface area contributed by atoms with Gasteiger partial charge in [0.05, 0.1) is 7.11 Å². The molecule has 0 unspecified atom stereocenters. The predicted octanol–water partition coefficient (Wildman–Crippen LogP) is 4.57. The lowest BCUT2D eigenvalue weighted by molar-refractivity contribution is 0.412. The number of fused-ring (bicyclic) bond motifs is 1. The molecule has 0 bridgehead atoms. The minimum Gasteiger partial charge on any atom is -0.496 e. The maximum Gasteiger partial charge on any atom is 0.124 e. The van der Waals surface area contributed by atoms with Crippen LogP contribution in [0.15, 0.2) is 22.0 Å². The fraction of sp³-hybridized carbons (Fsp3) is 0.200. The van der Waals surface area contributed by atoms with Crippen LogP contribution in [-0.4, -0.2) is 7.11 Å². The summed E-state index contributed by atoms with van der Waals surface area (Å²) in [4.78, 5) is 0. The number of hydrogen-bond acceptors (Lipinski definition) is 2. The van der Waals surface area contributed by atoms with Crippen LogP contribution in [-0.2, 0) is 5.33 Å². The van der Waals surface area contributed by atoms with Crippen molar-refractivity contribution in [1.82, 2.24) is 0 Å². The van der Waals surface area contributed by atoms with Gasteiger partial charge in [-0.15, -0.1) is 11.3 Å². The van der Waals surface area contributed by atoms with E-state index in [4.69, 9.17) is 4.74 Å². The van der Waals surface area contributed by atoms with Crippen LogP contribution in [0.25, 0.3) is 10.1 Å². The van der Waals surface area contributed by atoms with Crippen molar-refractivity contribution in [3.05, 3.63) is 27.5 Å². The third-order valence-corrected chi connectivity index (χ3v) is 4.58. The van der Waals surface area contributed by atoms with Crippen LogP contribution < -0.4 is 4.74 Å². The van der Waals surface area contributed by atoms with E-state index in [0.29, 0.717) is 0 Å². The van der Waals surface area contributed by atoms with Crippen molar-refractivity contribution < 1.29 is 4.74 Å². The molecule has 0 aliphatic carbocycles. The first-order valence-corrected chi connectivity index (χ1v) is 6.85. The Bertz CT molecular complexity index is 464. The second-order valence-corrected chi connectivity index (χ2v) is 5.20. The maximum atomic E-state index is 5.31. The summed E-state index contributed by atoms with van der Waals surface area (Å²) in [6, 6.07) is 4.24. The van der Waals surface area contributed by atoms with Gasteiger partial charge in [0, 0.05) is 30.8 Å². The van der Waals surface area contributed by atoms with Gasteiger partial charge in [0.1, 0.15) is 5.75 Å². The Morgan fingerprint density at radius 2 is 2.21 bits per heavy atom. The Morgan fingerprint density at radius 1 is 1.43 bits per heavy atom. The summed E-state index contributed by atoms with van der Waals surface area (Å²) in [5.41, 5.74) is 1.18. The zero-order valence-corrected chi connectivity index (χ0v) is 11.5. The quantitative estimate of drug-likeness (QED) is 0.730. The van der Waals surface area contributed by atoms with Crippen molar-refractivity contribution >= 4 is 53.3 Å². The van der Waals surface area contributed by atoms with E-state index < -0.39 is 0 Å². The Balaban J connectivity index is 2.71. The van der Waals surface area contributed by atoms with Gasteiger partial charge >= 0.3 is 0 Å². The van der Waals surface area contributed by atoms with Gasteiger partial charge in [0.15, 0.2) is 0 Å². The molecule has 0 atom stereocenters. The molecule has 0 aliphatic rings. The third kappa shape index (κ3) is 1.71. The first-order chi connectivity index (χ1) is 6.76. The smallest absolute Gasteiger partial charge is 0.124 e. The predicted molar refractivity (Wildman–Crippen MR) is 68.7 cm³/mol. The van der Waals surface area contributed by atoms with Gasteiger partial charge in [-0.05, 0) is 28.1 Å². The average Bonchev–Trinajstić information content (AvgIpc) is 2.58. The molecule has 1 heterocycles. The number of benzene rings is 1. The van der Waals surface area contributed by atoms with E-state index in [1.54, 1.807) is 18.4 Å². The molecule has 0 spiro atoms. The highest BCUT2D eigenvalue weighted by atomic mass is 79.9. The van der Waals surface area contributed by atoms with Crippen LogP contribution in [0, 0.1) is 0 Å². The summed E-state index contributed by atoms with van der Waals surface area (Å²) in [5, 5.41) is 4.17. The van der Waals surface area contributed by atoms with Crippen LogP contribution in [0.1, 0.15) is 5.56 Å². The van der Waals surface area contributed by atoms with Gasteiger partial charge in [-0.1, -0.05) is 15.9 Å². The summed E-state index contributed by atoms with van der Waals surface area (Å²) < 4.78 is 7.72. The van der Waals surface area contributed by atoms with Crippen LogP contribution >= 0.6 is 43.2 Å². The number of alkyl halides is 1. The van der Waals surface area contributed by atoms with E-state index in [9.17, 15) is 0 Å². The highest BCUT2D eigenvalue weighted by molar-refractivity contribution is 9.10. The van der Waals surface area contributed by atoms with Gasteiger partial charge in [-0.3, -0.25) is 0 Å². The molecule has 2 aromatic rings. The summed E-state index contributed by atoms with van der Waals surface area (Å²) in [6.07, 6.45) is 0. The fourth-order valence-corrected chi connectivity index (χ4v) is 3.37. The first-order valence-electron chi connectivity index (χ1n) is 4.06. The number of rotatable bonds is 2. The third-order valence-electron chi connectivity index (χ3n) is 2.07. The maximum absolute atomic E-state index is 5.31. The molecule has 1 nitrogen and oxygen atoms in total. The highest BCUT2D eigenvalue weighted by Crippen LogP contribution is 2.35. The van der Waals surface area contributed by atoms with Gasteiger partial charge in [-0.25, -0.2) is 0 Å². The normalized spacial score (nSPS) is 10.8.